The number of fused-ring (bicyclic) bond motifs is 3. The van der Waals surface area contributed by atoms with E-state index in [4.69, 9.17) is 10.5 Å². The Labute approximate surface area is 259 Å². The van der Waals surface area contributed by atoms with Gasteiger partial charge in [-0.25, -0.2) is 4.79 Å². The SMILES string of the molecule is CCCCCCOC(=O)/N=C(/N)c1csc(CNC(=O)C2CCCN2C(=O)Cc2ccc3c(c2)-c2ccccc2C3(F)F)c1. The number of hydrogen-bond acceptors (Lipinski definition) is 5. The standard InChI is InChI=1S/C33H36F2N4O4S/c1-2-3-4-7-15-43-32(42)38-30(36)22-18-23(44-20-22)19-37-31(41)28-11-8-14-39(28)29(40)17-21-12-13-27-25(16-21)24-9-5-6-10-26(24)33(27,34)35/h5-6,9-10,12-13,16,18,20,28H,2-4,7-8,11,14-15,17,19H2,1H3,(H,37,41)(H2,36,38,42). The molecule has 232 valence electrons. The summed E-state index contributed by atoms with van der Waals surface area (Å²) in [6, 6.07) is 12.2. The maximum atomic E-state index is 14.9. The number of aliphatic imine (C=N–C) groups is 1. The summed E-state index contributed by atoms with van der Waals surface area (Å²) in [5.74, 6) is -3.51. The molecule has 3 N–H and O–H groups in total. The molecule has 5 rings (SSSR count). The minimum atomic E-state index is -3.08. The van der Waals surface area contributed by atoms with Gasteiger partial charge in [-0.1, -0.05) is 68.7 Å². The Kier molecular flexibility index (Phi) is 9.73. The minimum absolute atomic E-state index is 0.0128. The van der Waals surface area contributed by atoms with Gasteiger partial charge in [-0.05, 0) is 42.0 Å². The molecule has 0 bridgehead atoms. The number of halogens is 2. The van der Waals surface area contributed by atoms with Crippen molar-refractivity contribution in [1.82, 2.24) is 10.2 Å². The topological polar surface area (TPSA) is 114 Å². The molecule has 8 nitrogen and oxygen atoms in total. The van der Waals surface area contributed by atoms with Gasteiger partial charge in [0.05, 0.1) is 19.6 Å². The van der Waals surface area contributed by atoms with Gasteiger partial charge in [0.2, 0.25) is 11.8 Å². The maximum absolute atomic E-state index is 14.9. The van der Waals surface area contributed by atoms with Crippen molar-refractivity contribution in [2.75, 3.05) is 13.2 Å². The lowest BCUT2D eigenvalue weighted by Crippen LogP contribution is -2.46. The minimum Gasteiger partial charge on any atom is -0.448 e. The van der Waals surface area contributed by atoms with Crippen LogP contribution in [0.4, 0.5) is 13.6 Å². The molecule has 1 aromatic heterocycles. The quantitative estimate of drug-likeness (QED) is 0.152. The Balaban J connectivity index is 1.15. The molecule has 1 fully saturated rings. The van der Waals surface area contributed by atoms with Gasteiger partial charge in [0, 0.05) is 33.5 Å². The van der Waals surface area contributed by atoms with Crippen LogP contribution in [0.1, 0.15) is 72.6 Å². The van der Waals surface area contributed by atoms with Crippen LogP contribution in [0.25, 0.3) is 11.1 Å². The van der Waals surface area contributed by atoms with E-state index in [-0.39, 0.29) is 41.7 Å². The first-order valence-corrected chi connectivity index (χ1v) is 15.8. The molecule has 44 heavy (non-hydrogen) atoms. The fourth-order valence-corrected chi connectivity index (χ4v) is 6.55. The highest BCUT2D eigenvalue weighted by atomic mass is 32.1. The van der Waals surface area contributed by atoms with Crippen molar-refractivity contribution in [2.24, 2.45) is 10.7 Å². The highest BCUT2D eigenvalue weighted by Crippen LogP contribution is 2.51. The van der Waals surface area contributed by atoms with E-state index in [0.29, 0.717) is 48.2 Å². The lowest BCUT2D eigenvalue weighted by molar-refractivity contribution is -0.138. The zero-order chi connectivity index (χ0) is 31.3. The van der Waals surface area contributed by atoms with Crippen LogP contribution >= 0.6 is 11.3 Å². The fourth-order valence-electron chi connectivity index (χ4n) is 5.73. The molecule has 1 saturated heterocycles. The highest BCUT2D eigenvalue weighted by Gasteiger charge is 2.44. The molecule has 1 aliphatic heterocycles. The summed E-state index contributed by atoms with van der Waals surface area (Å²) in [6.45, 7) is 3.09. The molecular weight excluding hydrogens is 586 g/mol. The third-order valence-corrected chi connectivity index (χ3v) is 8.97. The number of amidine groups is 1. The van der Waals surface area contributed by atoms with Gasteiger partial charge in [-0.15, -0.1) is 11.3 Å². The Bertz CT molecular complexity index is 1570. The van der Waals surface area contributed by atoms with Crippen LogP contribution in [0, 0.1) is 0 Å². The second kappa shape index (κ2) is 13.7. The molecule has 0 saturated carbocycles. The summed E-state index contributed by atoms with van der Waals surface area (Å²) in [7, 11) is 0. The van der Waals surface area contributed by atoms with Crippen molar-refractivity contribution >= 4 is 35.1 Å². The molecule has 3 amide bonds. The number of carbonyl (C=O) groups excluding carboxylic acids is 3. The molecule has 11 heteroatoms. The Morgan fingerprint density at radius 1 is 1.09 bits per heavy atom. The predicted molar refractivity (Wildman–Crippen MR) is 166 cm³/mol. The number of carbonyl (C=O) groups is 3. The molecule has 1 aliphatic carbocycles. The average Bonchev–Trinajstić information content (AvgIpc) is 3.74. The van der Waals surface area contributed by atoms with Gasteiger partial charge in [0.25, 0.3) is 5.92 Å². The third-order valence-electron chi connectivity index (χ3n) is 8.03. The van der Waals surface area contributed by atoms with Gasteiger partial charge < -0.3 is 20.7 Å². The Hall–Kier alpha value is -4.12. The number of benzene rings is 2. The number of nitrogens with one attached hydrogen (secondary N) is 1. The van der Waals surface area contributed by atoms with Gasteiger partial charge in [-0.2, -0.15) is 13.8 Å². The predicted octanol–water partition coefficient (Wildman–Crippen LogP) is 6.14. The number of amides is 3. The third kappa shape index (κ3) is 6.83. The number of alkyl halides is 2. The van der Waals surface area contributed by atoms with Crippen molar-refractivity contribution in [1.29, 1.82) is 0 Å². The number of likely N-dealkylation sites (tertiary alicyclic amines) is 1. The first-order valence-electron chi connectivity index (χ1n) is 15.0. The lowest BCUT2D eigenvalue weighted by Gasteiger charge is -2.24. The van der Waals surface area contributed by atoms with Crippen molar-refractivity contribution in [3.05, 3.63) is 81.0 Å². The van der Waals surface area contributed by atoms with E-state index in [0.717, 1.165) is 30.6 Å². The van der Waals surface area contributed by atoms with E-state index < -0.39 is 18.1 Å². The first kappa shape index (κ1) is 31.3. The monoisotopic (exact) mass is 622 g/mol. The van der Waals surface area contributed by atoms with Gasteiger partial charge in [-0.3, -0.25) is 9.59 Å². The number of thiophene rings is 1. The van der Waals surface area contributed by atoms with Gasteiger partial charge >= 0.3 is 6.09 Å². The van der Waals surface area contributed by atoms with Crippen LogP contribution in [0.3, 0.4) is 0 Å². The number of unbranched alkanes of at least 4 members (excludes halogenated alkanes) is 3. The summed E-state index contributed by atoms with van der Waals surface area (Å²) in [4.78, 5) is 44.5. The van der Waals surface area contributed by atoms with Crippen molar-refractivity contribution in [3.63, 3.8) is 0 Å². The number of rotatable bonds is 11. The van der Waals surface area contributed by atoms with Crippen molar-refractivity contribution < 1.29 is 27.9 Å². The van der Waals surface area contributed by atoms with E-state index in [2.05, 4.69) is 17.2 Å². The van der Waals surface area contributed by atoms with E-state index in [1.807, 2.05) is 0 Å². The summed E-state index contributed by atoms with van der Waals surface area (Å²) in [5, 5.41) is 4.66. The van der Waals surface area contributed by atoms with E-state index >= 15 is 0 Å². The molecule has 3 aromatic rings. The largest absolute Gasteiger partial charge is 0.448 e. The highest BCUT2D eigenvalue weighted by molar-refractivity contribution is 7.10. The average molecular weight is 623 g/mol. The number of ether oxygens (including phenoxy) is 1. The van der Waals surface area contributed by atoms with Crippen LogP contribution in [-0.2, 0) is 33.2 Å². The van der Waals surface area contributed by atoms with Crippen molar-refractivity contribution in [3.8, 4) is 11.1 Å². The number of hydrogen-bond donors (Lipinski definition) is 2. The van der Waals surface area contributed by atoms with Crippen molar-refractivity contribution in [2.45, 2.75) is 70.4 Å². The van der Waals surface area contributed by atoms with E-state index in [9.17, 15) is 23.2 Å². The van der Waals surface area contributed by atoms with Crippen LogP contribution < -0.4 is 11.1 Å². The Morgan fingerprint density at radius 3 is 2.70 bits per heavy atom. The molecule has 2 aliphatic rings. The zero-order valence-electron chi connectivity index (χ0n) is 24.6. The molecule has 0 spiro atoms. The fraction of sp³-hybridized carbons (Fsp3) is 0.394. The maximum Gasteiger partial charge on any atom is 0.435 e. The van der Waals surface area contributed by atoms with Gasteiger partial charge in [0.15, 0.2) is 0 Å². The molecule has 1 unspecified atom stereocenters. The van der Waals surface area contributed by atoms with Crippen LogP contribution in [-0.4, -0.2) is 47.8 Å². The van der Waals surface area contributed by atoms with Crippen LogP contribution in [0.2, 0.25) is 0 Å². The van der Waals surface area contributed by atoms with E-state index in [1.54, 1.807) is 46.7 Å². The molecular formula is C33H36F2N4O4S. The first-order chi connectivity index (χ1) is 21.2. The summed E-state index contributed by atoms with van der Waals surface area (Å²) in [5.41, 5.74) is 8.00. The van der Waals surface area contributed by atoms with E-state index in [1.165, 1.54) is 23.5 Å². The normalized spacial score (nSPS) is 16.8. The molecule has 1 atom stereocenters. The van der Waals surface area contributed by atoms with Crippen LogP contribution in [0.15, 0.2) is 58.9 Å². The molecule has 2 aromatic carbocycles. The Morgan fingerprint density at radius 2 is 1.89 bits per heavy atom. The second-order valence-corrected chi connectivity index (χ2v) is 12.1. The summed E-state index contributed by atoms with van der Waals surface area (Å²) in [6.07, 6.45) is 4.47. The van der Waals surface area contributed by atoms with Crippen LogP contribution in [0.5, 0.6) is 0 Å². The second-order valence-electron chi connectivity index (χ2n) is 11.1. The molecule has 2 heterocycles. The van der Waals surface area contributed by atoms with Gasteiger partial charge in [0.1, 0.15) is 11.9 Å². The summed E-state index contributed by atoms with van der Waals surface area (Å²) < 4.78 is 34.9. The number of nitrogens with zero attached hydrogens (tertiary/aromatic N) is 2. The smallest absolute Gasteiger partial charge is 0.435 e. The summed E-state index contributed by atoms with van der Waals surface area (Å²) >= 11 is 1.37. The zero-order valence-corrected chi connectivity index (χ0v) is 25.4. The number of nitrogens with two attached hydrogens (primary N) is 1. The lowest BCUT2D eigenvalue weighted by atomic mass is 10.0. The molecule has 0 radical (unpaired) electrons.